The normalized spacial score (nSPS) is 29.4. The number of benzene rings is 1. The van der Waals surface area contributed by atoms with Gasteiger partial charge in [0.1, 0.15) is 11.9 Å². The van der Waals surface area contributed by atoms with Crippen LogP contribution in [0.1, 0.15) is 44.2 Å². The van der Waals surface area contributed by atoms with Crippen molar-refractivity contribution in [3.63, 3.8) is 0 Å². The quantitative estimate of drug-likeness (QED) is 0.779. The van der Waals surface area contributed by atoms with Gasteiger partial charge < -0.3 is 25.2 Å². The highest BCUT2D eigenvalue weighted by molar-refractivity contribution is 5.68. The third kappa shape index (κ3) is 3.54. The van der Waals surface area contributed by atoms with Gasteiger partial charge in [0, 0.05) is 36.1 Å². The molecule has 0 radical (unpaired) electrons. The molecule has 1 aromatic carbocycles. The van der Waals surface area contributed by atoms with Crippen molar-refractivity contribution in [3.05, 3.63) is 23.8 Å². The highest BCUT2D eigenvalue weighted by Gasteiger charge is 2.42. The summed E-state index contributed by atoms with van der Waals surface area (Å²) in [5, 5.41) is 15.7. The Hall–Kier alpha value is -1.95. The van der Waals surface area contributed by atoms with Crippen LogP contribution in [0.2, 0.25) is 0 Å². The van der Waals surface area contributed by atoms with Gasteiger partial charge in [-0.3, -0.25) is 0 Å². The van der Waals surface area contributed by atoms with Crippen LogP contribution < -0.4 is 15.4 Å². The Labute approximate surface area is 147 Å². The molecule has 1 saturated heterocycles. The molecule has 0 aromatic heterocycles. The van der Waals surface area contributed by atoms with E-state index in [2.05, 4.69) is 17.6 Å². The Kier molecular flexibility index (Phi) is 4.46. The lowest BCUT2D eigenvalue weighted by Crippen LogP contribution is -2.44. The number of hydrogen-bond acceptors (Lipinski definition) is 4. The average molecular weight is 346 g/mol. The Morgan fingerprint density at radius 1 is 1.28 bits per heavy atom. The molecule has 136 valence electrons. The number of fused-ring (bicyclic) bond motifs is 1. The highest BCUT2D eigenvalue weighted by atomic mass is 16.5. The molecule has 4 rings (SSSR count). The number of hydrogen-bond donors (Lipinski definition) is 3. The summed E-state index contributed by atoms with van der Waals surface area (Å²) in [5.74, 6) is 1.66. The van der Waals surface area contributed by atoms with Crippen LogP contribution in [0.15, 0.2) is 18.2 Å². The molecule has 1 aromatic rings. The van der Waals surface area contributed by atoms with Gasteiger partial charge in [-0.2, -0.15) is 0 Å². The smallest absolute Gasteiger partial charge is 0.405 e. The molecule has 0 bridgehead atoms. The Bertz CT molecular complexity index is 640. The SMILES string of the molecule is C[C@@H]1[C@@H](C2CC2)Nc2ccc(OC3CCOCC3)cc2[C@@H]1NC(=O)O. The molecule has 2 aliphatic heterocycles. The van der Waals surface area contributed by atoms with Gasteiger partial charge >= 0.3 is 6.09 Å². The molecule has 1 saturated carbocycles. The number of ether oxygens (including phenoxy) is 2. The fourth-order valence-corrected chi connectivity index (χ4v) is 4.14. The topological polar surface area (TPSA) is 79.8 Å². The molecule has 3 aliphatic rings. The van der Waals surface area contributed by atoms with E-state index >= 15 is 0 Å². The van der Waals surface area contributed by atoms with Crippen molar-refractivity contribution < 1.29 is 19.4 Å². The first-order valence-electron chi connectivity index (χ1n) is 9.26. The maximum atomic E-state index is 11.3. The van der Waals surface area contributed by atoms with Crippen molar-refractivity contribution in [1.29, 1.82) is 0 Å². The number of amides is 1. The Morgan fingerprint density at radius 3 is 2.72 bits per heavy atom. The first kappa shape index (κ1) is 16.5. The fraction of sp³-hybridized carbons (Fsp3) is 0.632. The van der Waals surface area contributed by atoms with Crippen LogP contribution in [0, 0.1) is 11.8 Å². The van der Waals surface area contributed by atoms with E-state index in [0.29, 0.717) is 12.0 Å². The van der Waals surface area contributed by atoms with E-state index < -0.39 is 6.09 Å². The lowest BCUT2D eigenvalue weighted by molar-refractivity contribution is 0.0255. The van der Waals surface area contributed by atoms with Gasteiger partial charge in [-0.05, 0) is 37.0 Å². The zero-order valence-corrected chi connectivity index (χ0v) is 14.5. The van der Waals surface area contributed by atoms with E-state index in [9.17, 15) is 9.90 Å². The molecule has 25 heavy (non-hydrogen) atoms. The van der Waals surface area contributed by atoms with Crippen LogP contribution in [-0.2, 0) is 4.74 Å². The van der Waals surface area contributed by atoms with Gasteiger partial charge in [0.2, 0.25) is 0 Å². The molecule has 6 nitrogen and oxygen atoms in total. The molecule has 0 spiro atoms. The van der Waals surface area contributed by atoms with Crippen molar-refractivity contribution in [3.8, 4) is 5.75 Å². The number of anilines is 1. The molecular formula is C19H26N2O4. The third-order valence-corrected chi connectivity index (χ3v) is 5.65. The number of carboxylic acid groups (broad SMARTS) is 1. The van der Waals surface area contributed by atoms with E-state index in [4.69, 9.17) is 9.47 Å². The molecular weight excluding hydrogens is 320 g/mol. The lowest BCUT2D eigenvalue weighted by Gasteiger charge is -2.39. The zero-order chi connectivity index (χ0) is 17.4. The van der Waals surface area contributed by atoms with E-state index in [1.165, 1.54) is 12.8 Å². The molecule has 3 atom stereocenters. The molecule has 2 heterocycles. The fourth-order valence-electron chi connectivity index (χ4n) is 4.14. The average Bonchev–Trinajstić information content (AvgIpc) is 3.43. The summed E-state index contributed by atoms with van der Waals surface area (Å²) in [6, 6.07) is 6.13. The summed E-state index contributed by atoms with van der Waals surface area (Å²) in [7, 11) is 0. The summed E-state index contributed by atoms with van der Waals surface area (Å²) in [6.45, 7) is 3.60. The molecule has 1 amide bonds. The second kappa shape index (κ2) is 6.75. The second-order valence-electron chi connectivity index (χ2n) is 7.47. The largest absolute Gasteiger partial charge is 0.490 e. The van der Waals surface area contributed by atoms with Crippen LogP contribution in [-0.4, -0.2) is 36.6 Å². The van der Waals surface area contributed by atoms with Gasteiger partial charge in [-0.25, -0.2) is 4.79 Å². The maximum absolute atomic E-state index is 11.3. The number of nitrogens with one attached hydrogen (secondary N) is 2. The predicted molar refractivity (Wildman–Crippen MR) is 94.1 cm³/mol. The van der Waals surface area contributed by atoms with Gasteiger partial charge in [0.25, 0.3) is 0 Å². The minimum absolute atomic E-state index is 0.172. The predicted octanol–water partition coefficient (Wildman–Crippen LogP) is 3.39. The van der Waals surface area contributed by atoms with Crippen LogP contribution >= 0.6 is 0 Å². The van der Waals surface area contributed by atoms with Crippen molar-refractivity contribution in [2.24, 2.45) is 11.8 Å². The summed E-state index contributed by atoms with van der Waals surface area (Å²) in [6.07, 6.45) is 3.43. The molecule has 1 aliphatic carbocycles. The third-order valence-electron chi connectivity index (χ3n) is 5.65. The van der Waals surface area contributed by atoms with E-state index in [1.807, 2.05) is 18.2 Å². The summed E-state index contributed by atoms with van der Waals surface area (Å²) in [4.78, 5) is 11.3. The van der Waals surface area contributed by atoms with Crippen LogP contribution in [0.3, 0.4) is 0 Å². The van der Waals surface area contributed by atoms with Crippen molar-refractivity contribution >= 4 is 11.8 Å². The van der Waals surface area contributed by atoms with Crippen LogP contribution in [0.25, 0.3) is 0 Å². The van der Waals surface area contributed by atoms with Crippen molar-refractivity contribution in [2.45, 2.75) is 50.8 Å². The van der Waals surface area contributed by atoms with Crippen molar-refractivity contribution in [2.75, 3.05) is 18.5 Å². The number of carbonyl (C=O) groups is 1. The second-order valence-corrected chi connectivity index (χ2v) is 7.47. The minimum Gasteiger partial charge on any atom is -0.490 e. The van der Waals surface area contributed by atoms with Gasteiger partial charge in [0.05, 0.1) is 19.3 Å². The highest BCUT2D eigenvalue weighted by Crippen LogP contribution is 2.46. The Morgan fingerprint density at radius 2 is 2.04 bits per heavy atom. The van der Waals surface area contributed by atoms with E-state index in [1.54, 1.807) is 0 Å². The van der Waals surface area contributed by atoms with Crippen LogP contribution in [0.5, 0.6) is 5.75 Å². The van der Waals surface area contributed by atoms with Gasteiger partial charge in [-0.1, -0.05) is 6.92 Å². The molecule has 6 heteroatoms. The molecule has 0 unspecified atom stereocenters. The van der Waals surface area contributed by atoms with Crippen molar-refractivity contribution in [1.82, 2.24) is 5.32 Å². The summed E-state index contributed by atoms with van der Waals surface area (Å²) >= 11 is 0. The summed E-state index contributed by atoms with van der Waals surface area (Å²) < 4.78 is 11.5. The number of rotatable bonds is 4. The van der Waals surface area contributed by atoms with E-state index in [-0.39, 0.29) is 18.1 Å². The zero-order valence-electron chi connectivity index (χ0n) is 14.5. The van der Waals surface area contributed by atoms with Gasteiger partial charge in [-0.15, -0.1) is 0 Å². The molecule has 3 N–H and O–H groups in total. The maximum Gasteiger partial charge on any atom is 0.405 e. The van der Waals surface area contributed by atoms with Crippen LogP contribution in [0.4, 0.5) is 10.5 Å². The van der Waals surface area contributed by atoms with E-state index in [0.717, 1.165) is 43.1 Å². The standard InChI is InChI=1S/C19H26N2O4/c1-11-17(12-2-3-12)20-16-5-4-14(25-13-6-8-24-9-7-13)10-15(16)18(11)21-19(22)23/h4-5,10-13,17-18,20-21H,2-3,6-9H2,1H3,(H,22,23)/t11-,17+,18-/m1/s1. The minimum atomic E-state index is -0.977. The lowest BCUT2D eigenvalue weighted by atomic mass is 9.81. The van der Waals surface area contributed by atoms with Gasteiger partial charge in [0.15, 0.2) is 0 Å². The molecule has 2 fully saturated rings. The first-order chi connectivity index (χ1) is 12.1. The monoisotopic (exact) mass is 346 g/mol. The Balaban J connectivity index is 1.59. The summed E-state index contributed by atoms with van der Waals surface area (Å²) in [5.41, 5.74) is 2.00. The first-order valence-corrected chi connectivity index (χ1v) is 9.26.